The fourth-order valence-corrected chi connectivity index (χ4v) is 5.16. The molecular formula is C27H30N2O5. The summed E-state index contributed by atoms with van der Waals surface area (Å²) in [5.74, 6) is -1.23. The molecule has 2 saturated carbocycles. The Hall–Kier alpha value is -3.35. The van der Waals surface area contributed by atoms with E-state index in [1.54, 1.807) is 6.92 Å². The van der Waals surface area contributed by atoms with Crippen molar-refractivity contribution in [1.29, 1.82) is 0 Å². The van der Waals surface area contributed by atoms with E-state index in [1.807, 2.05) is 24.3 Å². The monoisotopic (exact) mass is 462 g/mol. The summed E-state index contributed by atoms with van der Waals surface area (Å²) < 4.78 is 5.64. The summed E-state index contributed by atoms with van der Waals surface area (Å²) in [4.78, 5) is 37.1. The van der Waals surface area contributed by atoms with E-state index in [0.717, 1.165) is 47.9 Å². The molecule has 34 heavy (non-hydrogen) atoms. The second-order valence-electron chi connectivity index (χ2n) is 9.95. The molecule has 5 rings (SSSR count). The molecule has 2 aromatic carbocycles. The lowest BCUT2D eigenvalue weighted by atomic mass is 9.95. The maximum absolute atomic E-state index is 12.7. The van der Waals surface area contributed by atoms with Crippen LogP contribution in [0.1, 0.15) is 56.1 Å². The van der Waals surface area contributed by atoms with Crippen LogP contribution >= 0.6 is 0 Å². The molecule has 3 aliphatic rings. The Morgan fingerprint density at radius 3 is 2.12 bits per heavy atom. The molecule has 0 aliphatic heterocycles. The number of carboxylic acid groups (broad SMARTS) is 1. The smallest absolute Gasteiger partial charge is 0.407 e. The van der Waals surface area contributed by atoms with Gasteiger partial charge in [0.05, 0.1) is 0 Å². The number of benzene rings is 2. The van der Waals surface area contributed by atoms with Crippen LogP contribution in [0.25, 0.3) is 11.1 Å². The van der Waals surface area contributed by atoms with Crippen molar-refractivity contribution in [2.45, 2.75) is 56.5 Å². The molecular weight excluding hydrogens is 432 g/mol. The molecule has 0 radical (unpaired) electrons. The fraction of sp³-hybridized carbons (Fsp3) is 0.444. The summed E-state index contributed by atoms with van der Waals surface area (Å²) in [6.45, 7) is 1.78. The molecule has 0 bridgehead atoms. The van der Waals surface area contributed by atoms with Gasteiger partial charge in [-0.2, -0.15) is 0 Å². The number of nitrogens with one attached hydrogen (secondary N) is 2. The third-order valence-corrected chi connectivity index (χ3v) is 7.48. The normalized spacial score (nSPS) is 19.3. The van der Waals surface area contributed by atoms with E-state index in [1.165, 1.54) is 0 Å². The van der Waals surface area contributed by atoms with Crippen molar-refractivity contribution in [3.63, 3.8) is 0 Å². The average molecular weight is 463 g/mol. The lowest BCUT2D eigenvalue weighted by Gasteiger charge is -2.27. The van der Waals surface area contributed by atoms with Gasteiger partial charge in [-0.1, -0.05) is 48.5 Å². The first-order valence-corrected chi connectivity index (χ1v) is 12.0. The van der Waals surface area contributed by atoms with E-state index < -0.39 is 17.6 Å². The molecule has 2 unspecified atom stereocenters. The number of carboxylic acids is 1. The molecule has 178 valence electrons. The Balaban J connectivity index is 1.20. The van der Waals surface area contributed by atoms with E-state index in [9.17, 15) is 19.5 Å². The van der Waals surface area contributed by atoms with Gasteiger partial charge in [-0.05, 0) is 66.7 Å². The Labute approximate surface area is 198 Å². The number of carbonyl (C=O) groups excluding carboxylic acids is 2. The van der Waals surface area contributed by atoms with Crippen molar-refractivity contribution in [2.24, 2.45) is 11.8 Å². The van der Waals surface area contributed by atoms with E-state index in [4.69, 9.17) is 4.74 Å². The zero-order valence-electron chi connectivity index (χ0n) is 19.3. The number of amides is 2. The molecule has 0 heterocycles. The molecule has 2 fully saturated rings. The first kappa shape index (κ1) is 22.4. The maximum atomic E-state index is 12.7. The van der Waals surface area contributed by atoms with Gasteiger partial charge in [0.25, 0.3) is 0 Å². The number of rotatable bonds is 9. The molecule has 0 aromatic heterocycles. The van der Waals surface area contributed by atoms with Gasteiger partial charge in [-0.25, -0.2) is 9.59 Å². The quantitative estimate of drug-likeness (QED) is 0.521. The van der Waals surface area contributed by atoms with Crippen LogP contribution in [-0.2, 0) is 14.3 Å². The van der Waals surface area contributed by atoms with Crippen molar-refractivity contribution in [3.05, 3.63) is 59.7 Å². The predicted molar refractivity (Wildman–Crippen MR) is 126 cm³/mol. The first-order chi connectivity index (χ1) is 16.4. The van der Waals surface area contributed by atoms with Gasteiger partial charge in [0, 0.05) is 18.4 Å². The molecule has 2 atom stereocenters. The summed E-state index contributed by atoms with van der Waals surface area (Å²) in [5.41, 5.74) is 3.36. The van der Waals surface area contributed by atoms with Gasteiger partial charge in [0.15, 0.2) is 0 Å². The molecule has 7 heteroatoms. The molecule has 0 saturated heterocycles. The number of fused-ring (bicyclic) bond motifs is 3. The first-order valence-electron chi connectivity index (χ1n) is 12.0. The summed E-state index contributed by atoms with van der Waals surface area (Å²) in [6, 6.07) is 15.9. The minimum absolute atomic E-state index is 0.0318. The van der Waals surface area contributed by atoms with Gasteiger partial charge in [-0.15, -0.1) is 0 Å². The van der Waals surface area contributed by atoms with E-state index >= 15 is 0 Å². The Bertz CT molecular complexity index is 1080. The van der Waals surface area contributed by atoms with Crippen LogP contribution < -0.4 is 10.6 Å². The Morgan fingerprint density at radius 1 is 1.00 bits per heavy atom. The lowest BCUT2D eigenvalue weighted by Crippen LogP contribution is -2.55. The molecule has 2 aromatic rings. The third-order valence-electron chi connectivity index (χ3n) is 7.48. The largest absolute Gasteiger partial charge is 0.480 e. The molecule has 0 spiro atoms. The van der Waals surface area contributed by atoms with Crippen molar-refractivity contribution >= 4 is 18.0 Å². The van der Waals surface area contributed by atoms with Gasteiger partial charge >= 0.3 is 12.1 Å². The summed E-state index contributed by atoms with van der Waals surface area (Å²) in [6.07, 6.45) is 2.96. The van der Waals surface area contributed by atoms with Crippen molar-refractivity contribution in [3.8, 4) is 11.1 Å². The standard InChI is InChI=1S/C27H30N2O5/c1-27(25(31)32,17-12-13-17)29-24(30)14-23(16-10-11-16)28-26(33)34-15-22-20-8-4-2-6-18(20)19-7-3-5-9-21(19)22/h2-9,16-17,22-23H,10-15H2,1H3,(H,28,33)(H,29,30)(H,31,32). The van der Waals surface area contributed by atoms with E-state index in [0.29, 0.717) is 0 Å². The fourth-order valence-electron chi connectivity index (χ4n) is 5.16. The van der Waals surface area contributed by atoms with Gasteiger partial charge in [0.2, 0.25) is 5.91 Å². The molecule has 3 aliphatic carbocycles. The van der Waals surface area contributed by atoms with Crippen LogP contribution in [0.15, 0.2) is 48.5 Å². The number of hydrogen-bond donors (Lipinski definition) is 3. The SMILES string of the molecule is CC(NC(=O)CC(NC(=O)OCC1c2ccccc2-c2ccccc21)C1CC1)(C(=O)O)C1CC1. The topological polar surface area (TPSA) is 105 Å². The zero-order valence-corrected chi connectivity index (χ0v) is 19.3. The number of carbonyl (C=O) groups is 3. The van der Waals surface area contributed by atoms with Crippen molar-refractivity contribution in [2.75, 3.05) is 6.61 Å². The highest BCUT2D eigenvalue weighted by Crippen LogP contribution is 2.44. The second-order valence-corrected chi connectivity index (χ2v) is 9.95. The maximum Gasteiger partial charge on any atom is 0.407 e. The highest BCUT2D eigenvalue weighted by molar-refractivity contribution is 5.88. The summed E-state index contributed by atoms with van der Waals surface area (Å²) in [5, 5.41) is 15.2. The number of aliphatic carboxylic acids is 1. The van der Waals surface area contributed by atoms with Gasteiger partial charge in [-0.3, -0.25) is 4.79 Å². The van der Waals surface area contributed by atoms with Crippen LogP contribution in [0, 0.1) is 11.8 Å². The summed E-state index contributed by atoms with van der Waals surface area (Å²) in [7, 11) is 0. The van der Waals surface area contributed by atoms with Crippen LogP contribution in [0.4, 0.5) is 4.79 Å². The lowest BCUT2D eigenvalue weighted by molar-refractivity contribution is -0.148. The van der Waals surface area contributed by atoms with Crippen LogP contribution in [0.2, 0.25) is 0 Å². The third kappa shape index (κ3) is 4.39. The van der Waals surface area contributed by atoms with Crippen LogP contribution in [0.3, 0.4) is 0 Å². The number of alkyl carbamates (subject to hydrolysis) is 1. The predicted octanol–water partition coefficient (Wildman–Crippen LogP) is 4.06. The van der Waals surface area contributed by atoms with E-state index in [2.05, 4.69) is 34.9 Å². The molecule has 3 N–H and O–H groups in total. The van der Waals surface area contributed by atoms with Gasteiger partial charge in [0.1, 0.15) is 12.1 Å². The van der Waals surface area contributed by atoms with Crippen LogP contribution in [0.5, 0.6) is 0 Å². The minimum Gasteiger partial charge on any atom is -0.480 e. The van der Waals surface area contributed by atoms with E-state index in [-0.39, 0.29) is 42.7 Å². The molecule has 2 amide bonds. The minimum atomic E-state index is -1.26. The highest BCUT2D eigenvalue weighted by atomic mass is 16.5. The van der Waals surface area contributed by atoms with Crippen LogP contribution in [-0.4, -0.2) is 41.3 Å². The highest BCUT2D eigenvalue weighted by Gasteiger charge is 2.49. The van der Waals surface area contributed by atoms with Crippen molar-refractivity contribution in [1.82, 2.24) is 10.6 Å². The Kier molecular flexibility index (Phi) is 5.80. The second kappa shape index (κ2) is 8.78. The zero-order chi connectivity index (χ0) is 23.9. The molecule has 7 nitrogen and oxygen atoms in total. The Morgan fingerprint density at radius 2 is 1.59 bits per heavy atom. The van der Waals surface area contributed by atoms with Gasteiger partial charge < -0.3 is 20.5 Å². The van der Waals surface area contributed by atoms with Crippen molar-refractivity contribution < 1.29 is 24.2 Å². The number of hydrogen-bond acceptors (Lipinski definition) is 4. The average Bonchev–Trinajstić information content (AvgIpc) is 3.73. The number of ether oxygens (including phenoxy) is 1. The summed E-state index contributed by atoms with van der Waals surface area (Å²) >= 11 is 0.